The fourth-order valence-corrected chi connectivity index (χ4v) is 3.21. The number of pyridine rings is 1. The molecule has 1 atom stereocenters. The molecule has 1 N–H and O–H groups in total. The van der Waals surface area contributed by atoms with E-state index in [0.29, 0.717) is 11.3 Å². The lowest BCUT2D eigenvalue weighted by Gasteiger charge is -2.26. The van der Waals surface area contributed by atoms with Gasteiger partial charge in [-0.2, -0.15) is 0 Å². The average molecular weight is 387 g/mol. The molecule has 1 aliphatic rings. The molecule has 0 spiro atoms. The van der Waals surface area contributed by atoms with Crippen LogP contribution in [0.3, 0.4) is 0 Å². The molecule has 0 saturated heterocycles. The van der Waals surface area contributed by atoms with Gasteiger partial charge in [-0.25, -0.2) is 0 Å². The minimum Gasteiger partial charge on any atom is -0.503 e. The maximum Gasteiger partial charge on any atom is 0.294 e. The van der Waals surface area contributed by atoms with Gasteiger partial charge in [0.15, 0.2) is 11.5 Å². The van der Waals surface area contributed by atoms with Gasteiger partial charge in [0.25, 0.3) is 5.91 Å². The highest BCUT2D eigenvalue weighted by molar-refractivity contribution is 9.10. The molecule has 0 radical (unpaired) electrons. The van der Waals surface area contributed by atoms with Crippen LogP contribution in [-0.4, -0.2) is 21.8 Å². The maximum absolute atomic E-state index is 12.7. The SMILES string of the molecule is CCC(=O)C1=C(O)C(=O)N(c2cccc(Br)c2)C1c1cccnc1. The van der Waals surface area contributed by atoms with Gasteiger partial charge < -0.3 is 5.11 Å². The zero-order chi connectivity index (χ0) is 17.3. The molecule has 1 aromatic heterocycles. The summed E-state index contributed by atoms with van der Waals surface area (Å²) >= 11 is 3.38. The molecule has 2 heterocycles. The third-order valence-corrected chi connectivity index (χ3v) is 4.41. The van der Waals surface area contributed by atoms with Gasteiger partial charge in [0.1, 0.15) is 0 Å². The molecule has 5 nitrogen and oxygen atoms in total. The van der Waals surface area contributed by atoms with E-state index in [4.69, 9.17) is 0 Å². The predicted octanol–water partition coefficient (Wildman–Crippen LogP) is 3.72. The zero-order valence-electron chi connectivity index (χ0n) is 12.9. The molecule has 0 bridgehead atoms. The Morgan fingerprint density at radius 1 is 1.33 bits per heavy atom. The fourth-order valence-electron chi connectivity index (χ4n) is 2.83. The van der Waals surface area contributed by atoms with Crippen molar-refractivity contribution in [2.24, 2.45) is 0 Å². The van der Waals surface area contributed by atoms with Crippen LogP contribution >= 0.6 is 15.9 Å². The summed E-state index contributed by atoms with van der Waals surface area (Å²) in [4.78, 5) is 30.5. The minimum absolute atomic E-state index is 0.121. The standard InChI is InChI=1S/C18H15BrN2O3/c1-2-14(22)15-16(11-5-4-8-20-10-11)21(18(24)17(15)23)13-7-3-6-12(19)9-13/h3-10,16,23H,2H2,1H3. The first-order chi connectivity index (χ1) is 11.5. The van der Waals surface area contributed by atoms with Crippen molar-refractivity contribution in [1.29, 1.82) is 0 Å². The van der Waals surface area contributed by atoms with Gasteiger partial charge in [0.2, 0.25) is 0 Å². The number of halogens is 1. The largest absolute Gasteiger partial charge is 0.503 e. The number of carbonyl (C=O) groups excluding carboxylic acids is 2. The molecule has 1 aromatic carbocycles. The fraction of sp³-hybridized carbons (Fsp3) is 0.167. The number of amides is 1. The summed E-state index contributed by atoms with van der Waals surface area (Å²) in [5, 5.41) is 10.3. The van der Waals surface area contributed by atoms with Crippen molar-refractivity contribution in [2.45, 2.75) is 19.4 Å². The summed E-state index contributed by atoms with van der Waals surface area (Å²) in [6, 6.07) is 10.0. The van der Waals surface area contributed by atoms with Gasteiger partial charge in [-0.05, 0) is 29.8 Å². The smallest absolute Gasteiger partial charge is 0.294 e. The van der Waals surface area contributed by atoms with Crippen LogP contribution in [0, 0.1) is 0 Å². The van der Waals surface area contributed by atoms with Crippen molar-refractivity contribution in [2.75, 3.05) is 4.90 Å². The van der Waals surface area contributed by atoms with Crippen LogP contribution in [0.1, 0.15) is 24.9 Å². The zero-order valence-corrected chi connectivity index (χ0v) is 14.5. The second kappa shape index (κ2) is 6.57. The van der Waals surface area contributed by atoms with Crippen molar-refractivity contribution in [1.82, 2.24) is 4.98 Å². The number of hydrogen-bond donors (Lipinski definition) is 1. The van der Waals surface area contributed by atoms with Gasteiger partial charge in [0, 0.05) is 29.0 Å². The Balaban J connectivity index is 2.18. The summed E-state index contributed by atoms with van der Waals surface area (Å²) in [6.07, 6.45) is 3.43. The highest BCUT2D eigenvalue weighted by Gasteiger charge is 2.43. The van der Waals surface area contributed by atoms with Gasteiger partial charge in [-0.1, -0.05) is 35.0 Å². The number of ketones is 1. The molecule has 3 rings (SSSR count). The van der Waals surface area contributed by atoms with Gasteiger partial charge in [-0.15, -0.1) is 0 Å². The lowest BCUT2D eigenvalue weighted by molar-refractivity contribution is -0.118. The van der Waals surface area contributed by atoms with Crippen molar-refractivity contribution in [3.63, 3.8) is 0 Å². The summed E-state index contributed by atoms with van der Waals surface area (Å²) in [7, 11) is 0. The van der Waals surface area contributed by atoms with E-state index in [1.165, 1.54) is 4.90 Å². The number of Topliss-reactive ketones (excluding diaryl/α,β-unsaturated/α-hetero) is 1. The van der Waals surface area contributed by atoms with Crippen molar-refractivity contribution >= 4 is 33.3 Å². The van der Waals surface area contributed by atoms with E-state index < -0.39 is 17.7 Å². The third-order valence-electron chi connectivity index (χ3n) is 3.92. The van der Waals surface area contributed by atoms with Crippen LogP contribution in [0.5, 0.6) is 0 Å². The van der Waals surface area contributed by atoms with E-state index in [1.807, 2.05) is 6.07 Å². The Kier molecular flexibility index (Phi) is 4.49. The number of hydrogen-bond acceptors (Lipinski definition) is 4. The van der Waals surface area contributed by atoms with E-state index in [9.17, 15) is 14.7 Å². The van der Waals surface area contributed by atoms with E-state index >= 15 is 0 Å². The van der Waals surface area contributed by atoms with Crippen LogP contribution in [0.15, 0.2) is 64.6 Å². The minimum atomic E-state index is -0.687. The topological polar surface area (TPSA) is 70.5 Å². The van der Waals surface area contributed by atoms with E-state index in [1.54, 1.807) is 49.6 Å². The summed E-state index contributed by atoms with van der Waals surface area (Å²) in [6.45, 7) is 1.70. The number of rotatable bonds is 4. The van der Waals surface area contributed by atoms with Crippen molar-refractivity contribution < 1.29 is 14.7 Å². The molecule has 1 amide bonds. The molecule has 0 aliphatic carbocycles. The van der Waals surface area contributed by atoms with Crippen LogP contribution in [-0.2, 0) is 9.59 Å². The van der Waals surface area contributed by atoms with Crippen LogP contribution in [0.2, 0.25) is 0 Å². The first-order valence-electron chi connectivity index (χ1n) is 7.50. The molecule has 0 saturated carbocycles. The Labute approximate surface area is 147 Å². The lowest BCUT2D eigenvalue weighted by atomic mass is 9.96. The number of benzene rings is 1. The van der Waals surface area contributed by atoms with Crippen LogP contribution < -0.4 is 4.90 Å². The predicted molar refractivity (Wildman–Crippen MR) is 93.6 cm³/mol. The molecule has 2 aromatic rings. The average Bonchev–Trinajstić information content (AvgIpc) is 2.86. The van der Waals surface area contributed by atoms with Crippen molar-refractivity contribution in [3.05, 3.63) is 70.2 Å². The quantitative estimate of drug-likeness (QED) is 0.868. The first-order valence-corrected chi connectivity index (χ1v) is 8.29. The second-order valence-electron chi connectivity index (χ2n) is 5.38. The molecule has 0 fully saturated rings. The molecule has 1 aliphatic heterocycles. The van der Waals surface area contributed by atoms with Crippen LogP contribution in [0.25, 0.3) is 0 Å². The summed E-state index contributed by atoms with van der Waals surface area (Å²) in [5.41, 5.74) is 1.39. The number of carbonyl (C=O) groups is 2. The number of anilines is 1. The van der Waals surface area contributed by atoms with Crippen LogP contribution in [0.4, 0.5) is 5.69 Å². The molecule has 1 unspecified atom stereocenters. The molecular weight excluding hydrogens is 372 g/mol. The second-order valence-corrected chi connectivity index (χ2v) is 6.30. The van der Waals surface area contributed by atoms with Gasteiger partial charge >= 0.3 is 0 Å². The number of nitrogens with zero attached hydrogens (tertiary/aromatic N) is 2. The molecular formula is C18H15BrN2O3. The highest BCUT2D eigenvalue weighted by atomic mass is 79.9. The van der Waals surface area contributed by atoms with Gasteiger partial charge in [-0.3, -0.25) is 19.5 Å². The Morgan fingerprint density at radius 2 is 2.12 bits per heavy atom. The molecule has 24 heavy (non-hydrogen) atoms. The van der Waals surface area contributed by atoms with Gasteiger partial charge in [0.05, 0.1) is 11.6 Å². The third kappa shape index (κ3) is 2.73. The Hall–Kier alpha value is -2.47. The number of aliphatic hydroxyl groups is 1. The maximum atomic E-state index is 12.7. The normalized spacial score (nSPS) is 17.5. The first kappa shape index (κ1) is 16.4. The van der Waals surface area contributed by atoms with E-state index in [-0.39, 0.29) is 17.8 Å². The lowest BCUT2D eigenvalue weighted by Crippen LogP contribution is -2.31. The molecule has 6 heteroatoms. The summed E-state index contributed by atoms with van der Waals surface area (Å²) < 4.78 is 0.799. The number of aliphatic hydroxyl groups excluding tert-OH is 1. The summed E-state index contributed by atoms with van der Waals surface area (Å²) in [5.74, 6) is -1.33. The monoisotopic (exact) mass is 386 g/mol. The molecule has 122 valence electrons. The van der Waals surface area contributed by atoms with Crippen molar-refractivity contribution in [3.8, 4) is 0 Å². The van der Waals surface area contributed by atoms with E-state index in [2.05, 4.69) is 20.9 Å². The highest BCUT2D eigenvalue weighted by Crippen LogP contribution is 2.41. The Bertz CT molecular complexity index is 833. The number of aromatic nitrogens is 1. The Morgan fingerprint density at radius 3 is 2.75 bits per heavy atom. The van der Waals surface area contributed by atoms with E-state index in [0.717, 1.165) is 4.47 Å².